The van der Waals surface area contributed by atoms with Gasteiger partial charge in [-0.25, -0.2) is 0 Å². The van der Waals surface area contributed by atoms with E-state index in [2.05, 4.69) is 76.4 Å². The average molecular weight is 397 g/mol. The quantitative estimate of drug-likeness (QED) is 0.728. The van der Waals surface area contributed by atoms with Crippen LogP contribution < -0.4 is 9.47 Å². The molecule has 0 bridgehead atoms. The van der Waals surface area contributed by atoms with Crippen molar-refractivity contribution in [2.45, 2.75) is 6.54 Å². The van der Waals surface area contributed by atoms with Crippen LogP contribution in [0.2, 0.25) is 0 Å². The molecular formula is C18H19BrClNO2. The van der Waals surface area contributed by atoms with Crippen molar-refractivity contribution in [3.8, 4) is 11.5 Å². The molecule has 0 aliphatic carbocycles. The summed E-state index contributed by atoms with van der Waals surface area (Å²) in [5.41, 5.74) is 2.43. The van der Waals surface area contributed by atoms with Crippen LogP contribution in [-0.2, 0) is 6.54 Å². The molecule has 0 aromatic heterocycles. The first-order valence-corrected chi connectivity index (χ1v) is 7.99. The van der Waals surface area contributed by atoms with Crippen LogP contribution >= 0.6 is 28.3 Å². The van der Waals surface area contributed by atoms with Crippen molar-refractivity contribution in [3.63, 3.8) is 0 Å². The lowest BCUT2D eigenvalue weighted by Gasteiger charge is -2.14. The summed E-state index contributed by atoms with van der Waals surface area (Å²) in [5.74, 6) is 1.68. The fourth-order valence-corrected chi connectivity index (χ4v) is 2.62. The number of rotatable bonds is 5. The molecule has 2 aromatic carbocycles. The molecule has 23 heavy (non-hydrogen) atoms. The van der Waals surface area contributed by atoms with E-state index < -0.39 is 0 Å². The van der Waals surface area contributed by atoms with Gasteiger partial charge in [-0.1, -0.05) is 46.3 Å². The molecule has 0 fully saturated rings. The molecule has 1 aliphatic rings. The van der Waals surface area contributed by atoms with E-state index in [1.165, 1.54) is 11.1 Å². The smallest absolute Gasteiger partial charge is 0.231 e. The van der Waals surface area contributed by atoms with E-state index >= 15 is 0 Å². The minimum atomic E-state index is 0. The van der Waals surface area contributed by atoms with Gasteiger partial charge in [0.05, 0.1) is 0 Å². The fraction of sp³-hybridized carbons (Fsp3) is 0.222. The molecule has 0 unspecified atom stereocenters. The molecule has 5 heteroatoms. The molecule has 0 saturated heterocycles. The molecular weight excluding hydrogens is 378 g/mol. The highest BCUT2D eigenvalue weighted by Gasteiger charge is 2.13. The molecule has 3 nitrogen and oxygen atoms in total. The molecule has 0 amide bonds. The minimum absolute atomic E-state index is 0. The molecule has 1 aliphatic heterocycles. The van der Waals surface area contributed by atoms with Gasteiger partial charge in [0.25, 0.3) is 0 Å². The van der Waals surface area contributed by atoms with Gasteiger partial charge < -0.3 is 9.47 Å². The van der Waals surface area contributed by atoms with Crippen LogP contribution in [0, 0.1) is 0 Å². The van der Waals surface area contributed by atoms with E-state index in [4.69, 9.17) is 9.47 Å². The Kier molecular flexibility index (Phi) is 6.51. The summed E-state index contributed by atoms with van der Waals surface area (Å²) in [7, 11) is 2.11. The summed E-state index contributed by atoms with van der Waals surface area (Å²) in [4.78, 5) is 2.26. The van der Waals surface area contributed by atoms with E-state index in [0.29, 0.717) is 6.79 Å². The Morgan fingerprint density at radius 1 is 1.09 bits per heavy atom. The molecule has 0 saturated carbocycles. The van der Waals surface area contributed by atoms with Crippen molar-refractivity contribution < 1.29 is 9.47 Å². The van der Waals surface area contributed by atoms with Crippen LogP contribution in [0.15, 0.2) is 53.0 Å². The fourth-order valence-electron chi connectivity index (χ4n) is 2.36. The van der Waals surface area contributed by atoms with E-state index in [0.717, 1.165) is 29.1 Å². The highest BCUT2D eigenvalue weighted by Crippen LogP contribution is 2.32. The van der Waals surface area contributed by atoms with E-state index in [1.807, 2.05) is 6.07 Å². The standard InChI is InChI=1S/C18H18BrNO2.ClH/c1-20(10-2-3-14-4-7-16(19)8-5-14)12-15-6-9-17-18(11-15)22-13-21-17;/h2-9,11H,10,12-13H2,1H3;1H/b3-2+;. The Balaban J connectivity index is 0.00000192. The molecule has 3 rings (SSSR count). The number of benzene rings is 2. The third kappa shape index (κ3) is 4.99. The largest absolute Gasteiger partial charge is 0.454 e. The molecule has 1 heterocycles. The summed E-state index contributed by atoms with van der Waals surface area (Å²) < 4.78 is 11.8. The third-order valence-electron chi connectivity index (χ3n) is 3.49. The van der Waals surface area contributed by atoms with Gasteiger partial charge in [-0.15, -0.1) is 12.4 Å². The summed E-state index contributed by atoms with van der Waals surface area (Å²) in [5, 5.41) is 0. The van der Waals surface area contributed by atoms with Crippen molar-refractivity contribution in [1.29, 1.82) is 0 Å². The zero-order valence-corrected chi connectivity index (χ0v) is 15.3. The number of halogens is 2. The monoisotopic (exact) mass is 395 g/mol. The summed E-state index contributed by atoms with van der Waals surface area (Å²) in [6, 6.07) is 14.4. The van der Waals surface area contributed by atoms with Gasteiger partial charge in [-0.05, 0) is 42.4 Å². The van der Waals surface area contributed by atoms with Crippen molar-refractivity contribution in [2.24, 2.45) is 0 Å². The van der Waals surface area contributed by atoms with Gasteiger partial charge in [-0.2, -0.15) is 0 Å². The number of fused-ring (bicyclic) bond motifs is 1. The Labute approximate surface area is 151 Å². The van der Waals surface area contributed by atoms with Gasteiger partial charge >= 0.3 is 0 Å². The number of hydrogen-bond donors (Lipinski definition) is 0. The second-order valence-corrected chi connectivity index (χ2v) is 6.25. The minimum Gasteiger partial charge on any atom is -0.454 e. The molecule has 0 spiro atoms. The maximum atomic E-state index is 5.41. The van der Waals surface area contributed by atoms with E-state index in [1.54, 1.807) is 0 Å². The first kappa shape index (κ1) is 17.9. The average Bonchev–Trinajstić information content (AvgIpc) is 2.97. The van der Waals surface area contributed by atoms with Crippen molar-refractivity contribution in [1.82, 2.24) is 4.90 Å². The van der Waals surface area contributed by atoms with Gasteiger partial charge in [0.15, 0.2) is 11.5 Å². The topological polar surface area (TPSA) is 21.7 Å². The number of likely N-dealkylation sites (N-methyl/N-ethyl adjacent to an activating group) is 1. The highest BCUT2D eigenvalue weighted by atomic mass is 79.9. The lowest BCUT2D eigenvalue weighted by atomic mass is 10.2. The zero-order valence-electron chi connectivity index (χ0n) is 12.9. The SMILES string of the molecule is CN(C/C=C/c1ccc(Br)cc1)Cc1ccc2c(c1)OCO2.Cl. The number of ether oxygens (including phenoxy) is 2. The van der Waals surface area contributed by atoms with Gasteiger partial charge in [0.2, 0.25) is 6.79 Å². The van der Waals surface area contributed by atoms with Crippen LogP contribution in [-0.4, -0.2) is 25.3 Å². The van der Waals surface area contributed by atoms with Crippen molar-refractivity contribution in [2.75, 3.05) is 20.4 Å². The molecule has 0 radical (unpaired) electrons. The molecule has 0 atom stereocenters. The Morgan fingerprint density at radius 2 is 1.83 bits per heavy atom. The van der Waals surface area contributed by atoms with Crippen LogP contribution in [0.25, 0.3) is 6.08 Å². The molecule has 122 valence electrons. The first-order valence-electron chi connectivity index (χ1n) is 7.20. The third-order valence-corrected chi connectivity index (χ3v) is 4.02. The second-order valence-electron chi connectivity index (χ2n) is 5.34. The lowest BCUT2D eigenvalue weighted by molar-refractivity contribution is 0.174. The maximum Gasteiger partial charge on any atom is 0.231 e. The normalized spacial score (nSPS) is 12.7. The Hall–Kier alpha value is -1.49. The van der Waals surface area contributed by atoms with Crippen molar-refractivity contribution in [3.05, 3.63) is 64.1 Å². The predicted molar refractivity (Wildman–Crippen MR) is 99.3 cm³/mol. The highest BCUT2D eigenvalue weighted by molar-refractivity contribution is 9.10. The zero-order chi connectivity index (χ0) is 15.4. The van der Waals surface area contributed by atoms with E-state index in [-0.39, 0.29) is 12.4 Å². The van der Waals surface area contributed by atoms with Gasteiger partial charge in [0, 0.05) is 17.6 Å². The Morgan fingerprint density at radius 3 is 2.61 bits per heavy atom. The lowest BCUT2D eigenvalue weighted by Crippen LogP contribution is -2.17. The van der Waals surface area contributed by atoms with E-state index in [9.17, 15) is 0 Å². The second kappa shape index (κ2) is 8.39. The van der Waals surface area contributed by atoms with Crippen molar-refractivity contribution >= 4 is 34.4 Å². The van der Waals surface area contributed by atoms with Gasteiger partial charge in [0.1, 0.15) is 0 Å². The molecule has 2 aromatic rings. The first-order chi connectivity index (χ1) is 10.7. The van der Waals surface area contributed by atoms with Crippen LogP contribution in [0.3, 0.4) is 0 Å². The molecule has 0 N–H and O–H groups in total. The van der Waals surface area contributed by atoms with Gasteiger partial charge in [-0.3, -0.25) is 4.90 Å². The predicted octanol–water partition coefficient (Wildman–Crippen LogP) is 4.74. The summed E-state index contributed by atoms with van der Waals surface area (Å²) in [6.45, 7) is 2.09. The number of hydrogen-bond acceptors (Lipinski definition) is 3. The summed E-state index contributed by atoms with van der Waals surface area (Å²) >= 11 is 3.44. The van der Waals surface area contributed by atoms with Crippen LogP contribution in [0.1, 0.15) is 11.1 Å². The summed E-state index contributed by atoms with van der Waals surface area (Å²) in [6.07, 6.45) is 4.32. The van der Waals surface area contributed by atoms with Crippen LogP contribution in [0.4, 0.5) is 0 Å². The van der Waals surface area contributed by atoms with Crippen LogP contribution in [0.5, 0.6) is 11.5 Å². The maximum absolute atomic E-state index is 5.41. The number of nitrogens with zero attached hydrogens (tertiary/aromatic N) is 1. The Bertz CT molecular complexity index is 673.